The van der Waals surface area contributed by atoms with E-state index in [0.29, 0.717) is 42.8 Å². The third kappa shape index (κ3) is 2.88. The first-order valence-corrected chi connectivity index (χ1v) is 7.69. The number of nitrogens with one attached hydrogen (secondary N) is 1. The van der Waals surface area contributed by atoms with Crippen molar-refractivity contribution in [1.82, 2.24) is 5.32 Å². The Labute approximate surface area is 133 Å². The second-order valence-corrected chi connectivity index (χ2v) is 6.24. The van der Waals surface area contributed by atoms with E-state index >= 15 is 0 Å². The number of hydrogen-bond acceptors (Lipinski definition) is 5. The number of carboxylic acid groups (broad SMARTS) is 1. The molecule has 0 radical (unpaired) electrons. The van der Waals surface area contributed by atoms with Crippen molar-refractivity contribution in [3.63, 3.8) is 0 Å². The first kappa shape index (κ1) is 15.7. The summed E-state index contributed by atoms with van der Waals surface area (Å²) < 4.78 is 10.9. The number of ether oxygens (including phenoxy) is 1. The third-order valence-electron chi connectivity index (χ3n) is 4.48. The summed E-state index contributed by atoms with van der Waals surface area (Å²) in [6.07, 6.45) is 2.04. The summed E-state index contributed by atoms with van der Waals surface area (Å²) in [7, 11) is 0. The molecular weight excluding hydrogens is 302 g/mol. The Kier molecular flexibility index (Phi) is 3.97. The zero-order chi connectivity index (χ0) is 16.6. The molecule has 1 aliphatic carbocycles. The van der Waals surface area contributed by atoms with Gasteiger partial charge in [-0.2, -0.15) is 0 Å². The smallest absolute Gasteiger partial charge is 0.305 e. The van der Waals surface area contributed by atoms with Crippen LogP contribution in [0.1, 0.15) is 57.9 Å². The standard InChI is InChI=1S/C16H19NO6/c1-9-13-10(18)3-2-4-11(13)23-14(9)15(21)17-16(7-12(19)20)5-6-22-8-16/h2-8H2,1H3,(H,17,21)(H,19,20). The van der Waals surface area contributed by atoms with Gasteiger partial charge in [-0.25, -0.2) is 0 Å². The molecule has 2 heterocycles. The van der Waals surface area contributed by atoms with Crippen molar-refractivity contribution in [3.8, 4) is 0 Å². The average molecular weight is 321 g/mol. The Hall–Kier alpha value is -2.15. The van der Waals surface area contributed by atoms with Crippen molar-refractivity contribution in [1.29, 1.82) is 0 Å². The fourth-order valence-electron chi connectivity index (χ4n) is 3.34. The maximum absolute atomic E-state index is 12.6. The summed E-state index contributed by atoms with van der Waals surface area (Å²) in [6, 6.07) is 0. The SMILES string of the molecule is Cc1c(C(=O)NC2(CC(=O)O)CCOC2)oc2c1C(=O)CCC2. The molecule has 1 unspecified atom stereocenters. The molecule has 7 heteroatoms. The van der Waals surface area contributed by atoms with Crippen LogP contribution in [0.4, 0.5) is 0 Å². The summed E-state index contributed by atoms with van der Waals surface area (Å²) in [5.41, 5.74) is 0.120. The van der Waals surface area contributed by atoms with Crippen LogP contribution in [0.3, 0.4) is 0 Å². The molecule has 1 amide bonds. The van der Waals surface area contributed by atoms with E-state index in [4.69, 9.17) is 14.3 Å². The van der Waals surface area contributed by atoms with Gasteiger partial charge in [-0.05, 0) is 19.8 Å². The molecular formula is C16H19NO6. The molecule has 0 spiro atoms. The highest BCUT2D eigenvalue weighted by atomic mass is 16.5. The number of aliphatic carboxylic acids is 1. The highest BCUT2D eigenvalue weighted by Gasteiger charge is 2.40. The van der Waals surface area contributed by atoms with E-state index in [0.717, 1.165) is 6.42 Å². The van der Waals surface area contributed by atoms with Gasteiger partial charge in [0.1, 0.15) is 5.76 Å². The number of carbonyl (C=O) groups excluding carboxylic acids is 2. The number of aryl methyl sites for hydroxylation is 1. The van der Waals surface area contributed by atoms with Crippen molar-refractivity contribution >= 4 is 17.7 Å². The Balaban J connectivity index is 1.86. The minimum absolute atomic E-state index is 0.00370. The van der Waals surface area contributed by atoms with Gasteiger partial charge in [-0.1, -0.05) is 0 Å². The zero-order valence-electron chi connectivity index (χ0n) is 12.9. The Morgan fingerprint density at radius 2 is 2.13 bits per heavy atom. The van der Waals surface area contributed by atoms with E-state index in [2.05, 4.69) is 5.32 Å². The second-order valence-electron chi connectivity index (χ2n) is 6.24. The molecule has 124 valence electrons. The van der Waals surface area contributed by atoms with Gasteiger partial charge in [0, 0.05) is 25.0 Å². The number of ketones is 1. The first-order chi connectivity index (χ1) is 10.9. The number of fused-ring (bicyclic) bond motifs is 1. The molecule has 0 aromatic carbocycles. The maximum Gasteiger partial charge on any atom is 0.305 e. The summed E-state index contributed by atoms with van der Waals surface area (Å²) in [6.45, 7) is 2.25. The van der Waals surface area contributed by atoms with Crippen LogP contribution in [-0.4, -0.2) is 41.5 Å². The van der Waals surface area contributed by atoms with E-state index in [1.807, 2.05) is 0 Å². The van der Waals surface area contributed by atoms with Crippen molar-refractivity contribution in [3.05, 3.63) is 22.6 Å². The van der Waals surface area contributed by atoms with Gasteiger partial charge in [0.15, 0.2) is 11.5 Å². The second kappa shape index (κ2) is 5.81. The van der Waals surface area contributed by atoms with Crippen molar-refractivity contribution < 1.29 is 28.6 Å². The molecule has 0 bridgehead atoms. The molecule has 1 aromatic rings. The van der Waals surface area contributed by atoms with Crippen LogP contribution in [0.15, 0.2) is 4.42 Å². The number of rotatable bonds is 4. The summed E-state index contributed by atoms with van der Waals surface area (Å²) in [5, 5.41) is 11.8. The summed E-state index contributed by atoms with van der Waals surface area (Å²) in [4.78, 5) is 35.6. The van der Waals surface area contributed by atoms with E-state index in [-0.39, 0.29) is 24.6 Å². The fraction of sp³-hybridized carbons (Fsp3) is 0.562. The zero-order valence-corrected chi connectivity index (χ0v) is 12.9. The van der Waals surface area contributed by atoms with Crippen LogP contribution >= 0.6 is 0 Å². The number of carboxylic acids is 1. The van der Waals surface area contributed by atoms with Gasteiger partial charge < -0.3 is 19.6 Å². The number of Topliss-reactive ketones (excluding diaryl/α,β-unsaturated/α-hetero) is 1. The molecule has 1 aliphatic heterocycles. The predicted molar refractivity (Wildman–Crippen MR) is 78.6 cm³/mol. The molecule has 2 N–H and O–H groups in total. The highest BCUT2D eigenvalue weighted by Crippen LogP contribution is 2.30. The van der Waals surface area contributed by atoms with Crippen LogP contribution < -0.4 is 5.32 Å². The van der Waals surface area contributed by atoms with Gasteiger partial charge in [-0.15, -0.1) is 0 Å². The molecule has 1 saturated heterocycles. The minimum atomic E-state index is -0.999. The van der Waals surface area contributed by atoms with Crippen LogP contribution in [-0.2, 0) is 16.0 Å². The lowest BCUT2D eigenvalue weighted by molar-refractivity contribution is -0.138. The number of carbonyl (C=O) groups is 3. The molecule has 3 rings (SSSR count). The van der Waals surface area contributed by atoms with Crippen molar-refractivity contribution in [2.24, 2.45) is 0 Å². The summed E-state index contributed by atoms with van der Waals surface area (Å²) >= 11 is 0. The van der Waals surface area contributed by atoms with Gasteiger partial charge in [0.05, 0.1) is 24.1 Å². The molecule has 1 aromatic heterocycles. The molecule has 1 fully saturated rings. The van der Waals surface area contributed by atoms with Gasteiger partial charge in [0.25, 0.3) is 5.91 Å². The molecule has 1 atom stereocenters. The number of amides is 1. The molecule has 7 nitrogen and oxygen atoms in total. The van der Waals surface area contributed by atoms with E-state index < -0.39 is 17.4 Å². The minimum Gasteiger partial charge on any atom is -0.481 e. The number of hydrogen-bond donors (Lipinski definition) is 2. The van der Waals surface area contributed by atoms with Crippen molar-refractivity contribution in [2.75, 3.05) is 13.2 Å². The lowest BCUT2D eigenvalue weighted by Crippen LogP contribution is -2.50. The van der Waals surface area contributed by atoms with Crippen LogP contribution in [0.2, 0.25) is 0 Å². The van der Waals surface area contributed by atoms with Gasteiger partial charge in [-0.3, -0.25) is 14.4 Å². The molecule has 23 heavy (non-hydrogen) atoms. The average Bonchev–Trinajstić information content (AvgIpc) is 3.04. The largest absolute Gasteiger partial charge is 0.481 e. The fourth-order valence-corrected chi connectivity index (χ4v) is 3.34. The Morgan fingerprint density at radius 1 is 1.35 bits per heavy atom. The lowest BCUT2D eigenvalue weighted by Gasteiger charge is -2.26. The lowest BCUT2D eigenvalue weighted by atomic mass is 9.92. The van der Waals surface area contributed by atoms with Crippen molar-refractivity contribution in [2.45, 2.75) is 44.6 Å². The number of furan rings is 1. The highest BCUT2D eigenvalue weighted by molar-refractivity contribution is 6.03. The monoisotopic (exact) mass is 321 g/mol. The van der Waals surface area contributed by atoms with Crippen LogP contribution in [0, 0.1) is 6.92 Å². The van der Waals surface area contributed by atoms with E-state index in [9.17, 15) is 14.4 Å². The quantitative estimate of drug-likeness (QED) is 0.870. The normalized spacial score (nSPS) is 23.6. The predicted octanol–water partition coefficient (Wildman–Crippen LogP) is 1.47. The van der Waals surface area contributed by atoms with Crippen LogP contribution in [0.25, 0.3) is 0 Å². The Bertz CT molecular complexity index is 668. The maximum atomic E-state index is 12.6. The molecule has 0 saturated carbocycles. The topological polar surface area (TPSA) is 106 Å². The van der Waals surface area contributed by atoms with E-state index in [1.165, 1.54) is 0 Å². The van der Waals surface area contributed by atoms with Gasteiger partial charge in [0.2, 0.25) is 0 Å². The van der Waals surface area contributed by atoms with Gasteiger partial charge >= 0.3 is 5.97 Å². The molecule has 2 aliphatic rings. The third-order valence-corrected chi connectivity index (χ3v) is 4.48. The van der Waals surface area contributed by atoms with Crippen LogP contribution in [0.5, 0.6) is 0 Å². The Morgan fingerprint density at radius 3 is 2.74 bits per heavy atom. The summed E-state index contributed by atoms with van der Waals surface area (Å²) in [5.74, 6) is -0.838. The van der Waals surface area contributed by atoms with E-state index in [1.54, 1.807) is 6.92 Å². The first-order valence-electron chi connectivity index (χ1n) is 7.69.